The van der Waals surface area contributed by atoms with E-state index >= 15 is 0 Å². The Bertz CT molecular complexity index is 835. The maximum absolute atomic E-state index is 13.3. The van der Waals surface area contributed by atoms with E-state index in [1.807, 2.05) is 30.3 Å². The summed E-state index contributed by atoms with van der Waals surface area (Å²) in [5.74, 6) is -0.962. The molecule has 5 nitrogen and oxygen atoms in total. The fraction of sp³-hybridized carbons (Fsp3) is 0.364. The third-order valence-corrected chi connectivity index (χ3v) is 5.43. The molecule has 2 aromatic rings. The van der Waals surface area contributed by atoms with Gasteiger partial charge in [0.25, 0.3) is 0 Å². The number of amides is 2. The van der Waals surface area contributed by atoms with E-state index in [4.69, 9.17) is 4.74 Å². The molecule has 2 fully saturated rings. The Morgan fingerprint density at radius 1 is 1.14 bits per heavy atom. The molecule has 2 heterocycles. The van der Waals surface area contributed by atoms with Crippen LogP contribution in [0.1, 0.15) is 30.9 Å². The summed E-state index contributed by atoms with van der Waals surface area (Å²) in [5, 5.41) is 3.06. The predicted molar refractivity (Wildman–Crippen MR) is 103 cm³/mol. The van der Waals surface area contributed by atoms with E-state index in [0.717, 1.165) is 24.1 Å². The molecular weight excluding hydrogens is 359 g/mol. The van der Waals surface area contributed by atoms with Crippen LogP contribution in [0.15, 0.2) is 54.6 Å². The highest BCUT2D eigenvalue weighted by Crippen LogP contribution is 2.29. The van der Waals surface area contributed by atoms with E-state index in [9.17, 15) is 14.0 Å². The van der Waals surface area contributed by atoms with Gasteiger partial charge in [-0.1, -0.05) is 30.3 Å². The van der Waals surface area contributed by atoms with Gasteiger partial charge in [-0.2, -0.15) is 0 Å². The Kier molecular flexibility index (Phi) is 5.39. The van der Waals surface area contributed by atoms with Crippen molar-refractivity contribution in [1.29, 1.82) is 0 Å². The van der Waals surface area contributed by atoms with E-state index in [1.165, 1.54) is 12.1 Å². The summed E-state index contributed by atoms with van der Waals surface area (Å²) in [5.41, 5.74) is 1.61. The van der Waals surface area contributed by atoms with Gasteiger partial charge in [-0.25, -0.2) is 4.39 Å². The number of hydrogen-bond donors (Lipinski definition) is 1. The van der Waals surface area contributed by atoms with Crippen molar-refractivity contribution in [3.8, 4) is 0 Å². The maximum Gasteiger partial charge on any atom is 0.227 e. The average Bonchev–Trinajstić information content (AvgIpc) is 3.37. The van der Waals surface area contributed by atoms with Crippen molar-refractivity contribution in [1.82, 2.24) is 5.32 Å². The molecule has 0 unspecified atom stereocenters. The van der Waals surface area contributed by atoms with E-state index in [0.29, 0.717) is 13.2 Å². The van der Waals surface area contributed by atoms with Crippen molar-refractivity contribution < 1.29 is 18.7 Å². The number of carbonyl (C=O) groups is 2. The Labute approximate surface area is 163 Å². The van der Waals surface area contributed by atoms with Crippen LogP contribution in [-0.4, -0.2) is 31.1 Å². The lowest BCUT2D eigenvalue weighted by Gasteiger charge is -2.26. The number of hydrogen-bond acceptors (Lipinski definition) is 3. The molecular formula is C22H23FN2O3. The molecule has 0 aromatic heterocycles. The summed E-state index contributed by atoms with van der Waals surface area (Å²) in [7, 11) is 0. The number of halogens is 1. The third kappa shape index (κ3) is 3.92. The van der Waals surface area contributed by atoms with Gasteiger partial charge in [0.2, 0.25) is 11.8 Å². The normalized spacial score (nSPS) is 23.0. The van der Waals surface area contributed by atoms with Gasteiger partial charge in [0.15, 0.2) is 0 Å². The molecule has 0 spiro atoms. The van der Waals surface area contributed by atoms with Crippen molar-refractivity contribution in [2.45, 2.75) is 31.4 Å². The summed E-state index contributed by atoms with van der Waals surface area (Å²) in [6.07, 6.45) is 1.81. The molecule has 2 saturated heterocycles. The SMILES string of the molecule is O=C(N[C@H](c1ccc(F)cc1)[C@H]1CCCO1)[C@H]1CC(=O)N(c2ccccc2)C1. The number of anilines is 1. The van der Waals surface area contributed by atoms with Gasteiger partial charge < -0.3 is 15.0 Å². The maximum atomic E-state index is 13.3. The quantitative estimate of drug-likeness (QED) is 0.864. The van der Waals surface area contributed by atoms with Crippen LogP contribution in [0.5, 0.6) is 0 Å². The van der Waals surface area contributed by atoms with Crippen molar-refractivity contribution in [3.63, 3.8) is 0 Å². The molecule has 2 amide bonds. The first-order valence-electron chi connectivity index (χ1n) is 9.64. The molecule has 28 heavy (non-hydrogen) atoms. The summed E-state index contributed by atoms with van der Waals surface area (Å²) in [6.45, 7) is 1.01. The first-order chi connectivity index (χ1) is 13.6. The number of nitrogens with zero attached hydrogens (tertiary/aromatic N) is 1. The molecule has 2 aromatic carbocycles. The Morgan fingerprint density at radius 2 is 1.89 bits per heavy atom. The molecule has 0 radical (unpaired) electrons. The van der Waals surface area contributed by atoms with Crippen molar-refractivity contribution in [2.75, 3.05) is 18.1 Å². The number of nitrogens with one attached hydrogen (secondary N) is 1. The Hall–Kier alpha value is -2.73. The lowest BCUT2D eigenvalue weighted by Crippen LogP contribution is -2.40. The van der Waals surface area contributed by atoms with Gasteiger partial charge >= 0.3 is 0 Å². The van der Waals surface area contributed by atoms with Crippen LogP contribution in [-0.2, 0) is 14.3 Å². The second-order valence-corrected chi connectivity index (χ2v) is 7.33. The molecule has 2 aliphatic rings. The second-order valence-electron chi connectivity index (χ2n) is 7.33. The topological polar surface area (TPSA) is 58.6 Å². The van der Waals surface area contributed by atoms with Crippen molar-refractivity contribution in [2.24, 2.45) is 5.92 Å². The number of carbonyl (C=O) groups excluding carboxylic acids is 2. The minimum absolute atomic E-state index is 0.0539. The zero-order valence-electron chi connectivity index (χ0n) is 15.5. The van der Waals surface area contributed by atoms with Crippen LogP contribution in [0.25, 0.3) is 0 Å². The highest BCUT2D eigenvalue weighted by atomic mass is 19.1. The molecule has 2 aliphatic heterocycles. The Balaban J connectivity index is 1.48. The van der Waals surface area contributed by atoms with E-state index in [2.05, 4.69) is 5.32 Å². The number of benzene rings is 2. The van der Waals surface area contributed by atoms with E-state index in [-0.39, 0.29) is 36.2 Å². The van der Waals surface area contributed by atoms with Crippen LogP contribution >= 0.6 is 0 Å². The largest absolute Gasteiger partial charge is 0.376 e. The minimum Gasteiger partial charge on any atom is -0.376 e. The van der Waals surface area contributed by atoms with Gasteiger partial charge in [0.05, 0.1) is 18.1 Å². The lowest BCUT2D eigenvalue weighted by molar-refractivity contribution is -0.127. The number of rotatable bonds is 5. The average molecular weight is 382 g/mol. The summed E-state index contributed by atoms with van der Waals surface area (Å²) >= 11 is 0. The molecule has 3 atom stereocenters. The van der Waals surface area contributed by atoms with Crippen LogP contribution in [0, 0.1) is 11.7 Å². The summed E-state index contributed by atoms with van der Waals surface area (Å²) in [4.78, 5) is 27.0. The van der Waals surface area contributed by atoms with Crippen molar-refractivity contribution >= 4 is 17.5 Å². The smallest absolute Gasteiger partial charge is 0.227 e. The third-order valence-electron chi connectivity index (χ3n) is 5.43. The second kappa shape index (κ2) is 8.10. The summed E-state index contributed by atoms with van der Waals surface area (Å²) < 4.78 is 19.1. The van der Waals surface area contributed by atoms with Gasteiger partial charge in [-0.05, 0) is 42.7 Å². The standard InChI is InChI=1S/C22H23FN2O3/c23-17-10-8-15(9-11-17)21(19-7-4-12-28-19)24-22(27)16-13-20(26)25(14-16)18-5-2-1-3-6-18/h1-3,5-6,8-11,16,19,21H,4,7,12-14H2,(H,24,27)/t16-,19+,21+/m0/s1. The van der Waals surface area contributed by atoms with Gasteiger partial charge in [0.1, 0.15) is 5.82 Å². The molecule has 6 heteroatoms. The highest BCUT2D eigenvalue weighted by molar-refractivity contribution is 6.00. The molecule has 1 N–H and O–H groups in total. The molecule has 4 rings (SSSR count). The lowest BCUT2D eigenvalue weighted by atomic mass is 9.97. The van der Waals surface area contributed by atoms with E-state index in [1.54, 1.807) is 17.0 Å². The monoisotopic (exact) mass is 382 g/mol. The van der Waals surface area contributed by atoms with Crippen LogP contribution in [0.2, 0.25) is 0 Å². The zero-order chi connectivity index (χ0) is 19.5. The van der Waals surface area contributed by atoms with Gasteiger partial charge in [0, 0.05) is 25.3 Å². The fourth-order valence-electron chi connectivity index (χ4n) is 3.94. The highest BCUT2D eigenvalue weighted by Gasteiger charge is 2.37. The van der Waals surface area contributed by atoms with Crippen LogP contribution in [0.3, 0.4) is 0 Å². The molecule has 0 bridgehead atoms. The van der Waals surface area contributed by atoms with E-state index < -0.39 is 5.92 Å². The van der Waals surface area contributed by atoms with Gasteiger partial charge in [-0.3, -0.25) is 9.59 Å². The Morgan fingerprint density at radius 3 is 2.57 bits per heavy atom. The number of ether oxygens (including phenoxy) is 1. The zero-order valence-corrected chi connectivity index (χ0v) is 15.5. The first kappa shape index (κ1) is 18.6. The van der Waals surface area contributed by atoms with Gasteiger partial charge in [-0.15, -0.1) is 0 Å². The predicted octanol–water partition coefficient (Wildman–Crippen LogP) is 3.22. The molecule has 146 valence electrons. The first-order valence-corrected chi connectivity index (χ1v) is 9.64. The minimum atomic E-state index is -0.419. The van der Waals surface area contributed by atoms with Crippen LogP contribution in [0.4, 0.5) is 10.1 Å². The molecule has 0 aliphatic carbocycles. The van der Waals surface area contributed by atoms with Crippen molar-refractivity contribution in [3.05, 3.63) is 66.0 Å². The fourth-order valence-corrected chi connectivity index (χ4v) is 3.94. The summed E-state index contributed by atoms with van der Waals surface area (Å²) in [6, 6.07) is 15.2. The van der Waals surface area contributed by atoms with Crippen LogP contribution < -0.4 is 10.2 Å². The molecule has 0 saturated carbocycles. The number of para-hydroxylation sites is 1.